The van der Waals surface area contributed by atoms with Crippen molar-refractivity contribution >= 4 is 0 Å². The number of ether oxygens (including phenoxy) is 1. The van der Waals surface area contributed by atoms with Crippen molar-refractivity contribution in [1.29, 1.82) is 0 Å². The lowest BCUT2D eigenvalue weighted by atomic mass is 9.60. The largest absolute Gasteiger partial charge is 0.381 e. The summed E-state index contributed by atoms with van der Waals surface area (Å²) in [7, 11) is 0. The third-order valence-electron chi connectivity index (χ3n) is 4.80. The Morgan fingerprint density at radius 2 is 2.12 bits per heavy atom. The van der Waals surface area contributed by atoms with Crippen molar-refractivity contribution in [3.8, 4) is 0 Å². The van der Waals surface area contributed by atoms with Crippen LogP contribution in [0.4, 0.5) is 8.78 Å². The molecular formula is C14H24F2O. The predicted molar refractivity (Wildman–Crippen MR) is 64.3 cm³/mol. The highest BCUT2D eigenvalue weighted by Gasteiger charge is 2.49. The van der Waals surface area contributed by atoms with Crippen molar-refractivity contribution in [2.24, 2.45) is 11.3 Å². The Kier molecular flexibility index (Phi) is 4.06. The summed E-state index contributed by atoms with van der Waals surface area (Å²) in [5.74, 6) is -1.66. The van der Waals surface area contributed by atoms with Crippen LogP contribution < -0.4 is 0 Å². The average molecular weight is 246 g/mol. The van der Waals surface area contributed by atoms with Crippen LogP contribution >= 0.6 is 0 Å². The van der Waals surface area contributed by atoms with Gasteiger partial charge in [-0.2, -0.15) is 0 Å². The van der Waals surface area contributed by atoms with Gasteiger partial charge in [0.05, 0.1) is 13.2 Å². The third-order valence-corrected chi connectivity index (χ3v) is 4.80. The fourth-order valence-electron chi connectivity index (χ4n) is 3.23. The zero-order chi connectivity index (χ0) is 12.4. The Bertz CT molecular complexity index is 255. The van der Waals surface area contributed by atoms with Gasteiger partial charge in [0.1, 0.15) is 0 Å². The maximum absolute atomic E-state index is 13.0. The van der Waals surface area contributed by atoms with Gasteiger partial charge in [-0.25, -0.2) is 8.78 Å². The first-order valence-corrected chi connectivity index (χ1v) is 7.04. The van der Waals surface area contributed by atoms with Crippen LogP contribution in [0.3, 0.4) is 0 Å². The number of rotatable bonds is 7. The number of halogens is 2. The van der Waals surface area contributed by atoms with E-state index in [1.165, 1.54) is 19.3 Å². The minimum Gasteiger partial charge on any atom is -0.381 e. The quantitative estimate of drug-likeness (QED) is 0.605. The molecule has 2 unspecified atom stereocenters. The van der Waals surface area contributed by atoms with E-state index in [1.54, 1.807) is 6.92 Å². The summed E-state index contributed by atoms with van der Waals surface area (Å²) in [6.45, 7) is 3.42. The van der Waals surface area contributed by atoms with Crippen molar-refractivity contribution in [1.82, 2.24) is 0 Å². The first-order valence-electron chi connectivity index (χ1n) is 7.04. The van der Waals surface area contributed by atoms with E-state index in [0.717, 1.165) is 32.0 Å². The van der Waals surface area contributed by atoms with E-state index < -0.39 is 5.92 Å². The lowest BCUT2D eigenvalue weighted by molar-refractivity contribution is -0.0143. The van der Waals surface area contributed by atoms with Gasteiger partial charge in [0.2, 0.25) is 5.92 Å². The Labute approximate surface area is 103 Å². The summed E-state index contributed by atoms with van der Waals surface area (Å²) in [6, 6.07) is 0. The Balaban J connectivity index is 1.58. The zero-order valence-electron chi connectivity index (χ0n) is 10.8. The molecule has 2 rings (SSSR count). The summed E-state index contributed by atoms with van der Waals surface area (Å²) in [4.78, 5) is 0. The summed E-state index contributed by atoms with van der Waals surface area (Å²) in [5, 5.41) is 0. The molecular weight excluding hydrogens is 222 g/mol. The number of alkyl halides is 2. The van der Waals surface area contributed by atoms with E-state index in [-0.39, 0.29) is 12.8 Å². The summed E-state index contributed by atoms with van der Waals surface area (Å²) in [5.41, 5.74) is 0.452. The molecule has 3 heteroatoms. The van der Waals surface area contributed by atoms with Crippen LogP contribution in [0.25, 0.3) is 0 Å². The van der Waals surface area contributed by atoms with Gasteiger partial charge < -0.3 is 4.74 Å². The van der Waals surface area contributed by atoms with Gasteiger partial charge >= 0.3 is 0 Å². The van der Waals surface area contributed by atoms with Crippen LogP contribution in [0.15, 0.2) is 0 Å². The number of fused-ring (bicyclic) bond motifs is 1. The Morgan fingerprint density at radius 1 is 1.29 bits per heavy atom. The van der Waals surface area contributed by atoms with E-state index in [9.17, 15) is 8.78 Å². The van der Waals surface area contributed by atoms with Crippen molar-refractivity contribution in [3.63, 3.8) is 0 Å². The van der Waals surface area contributed by atoms with Crippen LogP contribution in [-0.2, 0) is 4.74 Å². The summed E-state index contributed by atoms with van der Waals surface area (Å²) in [6.07, 6.45) is 6.56. The second kappa shape index (κ2) is 5.21. The number of hydrogen-bond donors (Lipinski definition) is 0. The molecule has 1 aliphatic carbocycles. The molecule has 2 atom stereocenters. The Morgan fingerprint density at radius 3 is 2.71 bits per heavy atom. The molecule has 1 saturated heterocycles. The molecule has 0 aromatic rings. The molecule has 0 bridgehead atoms. The molecule has 0 radical (unpaired) electrons. The van der Waals surface area contributed by atoms with E-state index >= 15 is 0 Å². The predicted octanol–water partition coefficient (Wildman–Crippen LogP) is 4.41. The van der Waals surface area contributed by atoms with Gasteiger partial charge in [0, 0.05) is 12.8 Å². The molecule has 100 valence electrons. The summed E-state index contributed by atoms with van der Waals surface area (Å²) < 4.78 is 31.6. The summed E-state index contributed by atoms with van der Waals surface area (Å²) >= 11 is 0. The van der Waals surface area contributed by atoms with E-state index in [2.05, 4.69) is 0 Å². The molecule has 1 saturated carbocycles. The molecule has 0 amide bonds. The van der Waals surface area contributed by atoms with Gasteiger partial charge in [-0.1, -0.05) is 19.8 Å². The molecule has 17 heavy (non-hydrogen) atoms. The maximum atomic E-state index is 13.0. The van der Waals surface area contributed by atoms with Crippen molar-refractivity contribution in [3.05, 3.63) is 0 Å². The van der Waals surface area contributed by atoms with Gasteiger partial charge in [-0.15, -0.1) is 0 Å². The lowest BCUT2D eigenvalue weighted by Crippen LogP contribution is -2.38. The van der Waals surface area contributed by atoms with Gasteiger partial charge in [-0.05, 0) is 37.0 Å². The molecule has 0 aromatic heterocycles. The van der Waals surface area contributed by atoms with E-state index in [1.807, 2.05) is 0 Å². The molecule has 1 aliphatic heterocycles. The minimum atomic E-state index is -2.44. The van der Waals surface area contributed by atoms with Gasteiger partial charge in [0.15, 0.2) is 0 Å². The monoisotopic (exact) mass is 246 g/mol. The third kappa shape index (κ3) is 2.98. The van der Waals surface area contributed by atoms with Crippen molar-refractivity contribution in [2.75, 3.05) is 13.2 Å². The highest BCUT2D eigenvalue weighted by Crippen LogP contribution is 2.54. The van der Waals surface area contributed by atoms with Crippen LogP contribution in [0.2, 0.25) is 0 Å². The molecule has 1 nitrogen and oxygen atoms in total. The van der Waals surface area contributed by atoms with Crippen LogP contribution in [0.5, 0.6) is 0 Å². The fourth-order valence-corrected chi connectivity index (χ4v) is 3.23. The molecule has 0 N–H and O–H groups in total. The van der Waals surface area contributed by atoms with Crippen LogP contribution in [0, 0.1) is 11.3 Å². The average Bonchev–Trinajstić information content (AvgIpc) is 2.56. The van der Waals surface area contributed by atoms with Gasteiger partial charge in [-0.3, -0.25) is 0 Å². The number of hydrogen-bond acceptors (Lipinski definition) is 1. The standard InChI is InChI=1S/C14H24F2O/c1-2-14(15,16)8-5-3-4-7-13-9-6-12(13)10-17-11-13/h12H,2-11H2,1H3. The highest BCUT2D eigenvalue weighted by molar-refractivity contribution is 4.98. The normalized spacial score (nSPS) is 32.3. The second-order valence-corrected chi connectivity index (χ2v) is 5.88. The van der Waals surface area contributed by atoms with Crippen LogP contribution in [-0.4, -0.2) is 19.1 Å². The number of unbranched alkanes of at least 4 members (excludes halogenated alkanes) is 2. The second-order valence-electron chi connectivity index (χ2n) is 5.88. The molecule has 2 aliphatic rings. The van der Waals surface area contributed by atoms with E-state index in [4.69, 9.17) is 4.74 Å². The zero-order valence-corrected chi connectivity index (χ0v) is 10.8. The smallest absolute Gasteiger partial charge is 0.247 e. The fraction of sp³-hybridized carbons (Fsp3) is 1.00. The maximum Gasteiger partial charge on any atom is 0.247 e. The van der Waals surface area contributed by atoms with Crippen LogP contribution in [0.1, 0.15) is 58.3 Å². The topological polar surface area (TPSA) is 9.23 Å². The lowest BCUT2D eigenvalue weighted by Gasteiger charge is -2.43. The van der Waals surface area contributed by atoms with Crippen molar-refractivity contribution in [2.45, 2.75) is 64.2 Å². The Hall–Kier alpha value is -0.180. The molecule has 0 aromatic carbocycles. The first kappa shape index (κ1) is 13.3. The highest BCUT2D eigenvalue weighted by atomic mass is 19.3. The molecule has 2 fully saturated rings. The van der Waals surface area contributed by atoms with Gasteiger partial charge in [0.25, 0.3) is 0 Å². The minimum absolute atomic E-state index is 0.0210. The first-order chi connectivity index (χ1) is 8.08. The van der Waals surface area contributed by atoms with E-state index in [0.29, 0.717) is 11.8 Å². The molecule has 0 spiro atoms. The van der Waals surface area contributed by atoms with Crippen molar-refractivity contribution < 1.29 is 13.5 Å². The SMILES string of the molecule is CCC(F)(F)CCCCCC12CCC1COC2. The molecule has 1 heterocycles.